The number of likely N-dealkylation sites (tertiary alicyclic amines) is 1. The molecule has 0 bridgehead atoms. The number of H-pyrrole nitrogens is 1. The molecule has 102 valence electrons. The van der Waals surface area contributed by atoms with Crippen LogP contribution in [0.1, 0.15) is 19.8 Å². The number of nitrogens with one attached hydrogen (secondary N) is 1. The zero-order valence-electron chi connectivity index (χ0n) is 11.2. The van der Waals surface area contributed by atoms with Crippen molar-refractivity contribution in [3.63, 3.8) is 0 Å². The van der Waals surface area contributed by atoms with Crippen molar-refractivity contribution in [1.82, 2.24) is 9.88 Å². The quantitative estimate of drug-likeness (QED) is 0.905. The highest BCUT2D eigenvalue weighted by Gasteiger charge is 2.20. The number of aromatic amines is 1. The Balaban J connectivity index is 1.73. The van der Waals surface area contributed by atoms with E-state index in [9.17, 15) is 0 Å². The summed E-state index contributed by atoms with van der Waals surface area (Å²) < 4.78 is 0. The highest BCUT2D eigenvalue weighted by Crippen LogP contribution is 2.35. The normalized spacial score (nSPS) is 18.2. The number of halogens is 1. The summed E-state index contributed by atoms with van der Waals surface area (Å²) in [5.74, 6) is 0. The Hall–Kier alpha value is -0.640. The lowest BCUT2D eigenvalue weighted by Crippen LogP contribution is -2.34. The zero-order valence-corrected chi connectivity index (χ0v) is 12.7. The fraction of sp³-hybridized carbons (Fsp3) is 0.467. The monoisotopic (exact) mass is 294 g/mol. The standard InChI is InChI=1S/C15H19ClN2S/c1-2-18-7-5-12(6-8-18)19-15-10-17-14-4-3-11(16)9-13(14)15/h3-4,9-10,12,17H,2,5-8H2,1H3. The van der Waals surface area contributed by atoms with E-state index in [2.05, 4.69) is 35.1 Å². The van der Waals surface area contributed by atoms with Gasteiger partial charge < -0.3 is 9.88 Å². The van der Waals surface area contributed by atoms with Gasteiger partial charge in [0.2, 0.25) is 0 Å². The number of hydrogen-bond acceptors (Lipinski definition) is 2. The van der Waals surface area contributed by atoms with Gasteiger partial charge in [-0.1, -0.05) is 18.5 Å². The molecular formula is C15H19ClN2S. The number of aromatic nitrogens is 1. The van der Waals surface area contributed by atoms with Gasteiger partial charge in [0.05, 0.1) is 0 Å². The van der Waals surface area contributed by atoms with E-state index in [0.29, 0.717) is 0 Å². The lowest BCUT2D eigenvalue weighted by molar-refractivity contribution is 0.244. The average Bonchev–Trinajstić information content (AvgIpc) is 2.82. The van der Waals surface area contributed by atoms with E-state index >= 15 is 0 Å². The molecule has 2 nitrogen and oxygen atoms in total. The van der Waals surface area contributed by atoms with Crippen LogP contribution in [0.4, 0.5) is 0 Å². The Morgan fingerprint density at radius 2 is 2.16 bits per heavy atom. The largest absolute Gasteiger partial charge is 0.360 e. The Morgan fingerprint density at radius 1 is 1.37 bits per heavy atom. The number of rotatable bonds is 3. The van der Waals surface area contributed by atoms with E-state index in [1.54, 1.807) is 0 Å². The van der Waals surface area contributed by atoms with Crippen LogP contribution < -0.4 is 0 Å². The molecule has 0 amide bonds. The van der Waals surface area contributed by atoms with Crippen LogP contribution in [0.5, 0.6) is 0 Å². The molecule has 0 saturated carbocycles. The van der Waals surface area contributed by atoms with Crippen molar-refractivity contribution in [2.24, 2.45) is 0 Å². The molecule has 1 N–H and O–H groups in total. The van der Waals surface area contributed by atoms with E-state index in [1.807, 2.05) is 17.8 Å². The predicted molar refractivity (Wildman–Crippen MR) is 84.3 cm³/mol. The van der Waals surface area contributed by atoms with Crippen LogP contribution in [0, 0.1) is 0 Å². The lowest BCUT2D eigenvalue weighted by Gasteiger charge is -2.30. The van der Waals surface area contributed by atoms with Crippen molar-refractivity contribution in [3.8, 4) is 0 Å². The van der Waals surface area contributed by atoms with Crippen LogP contribution in [-0.2, 0) is 0 Å². The summed E-state index contributed by atoms with van der Waals surface area (Å²) >= 11 is 8.10. The minimum absolute atomic E-state index is 0.737. The zero-order chi connectivity index (χ0) is 13.2. The van der Waals surface area contributed by atoms with Crippen LogP contribution in [0.2, 0.25) is 5.02 Å². The van der Waals surface area contributed by atoms with Gasteiger partial charge in [-0.15, -0.1) is 11.8 Å². The molecule has 19 heavy (non-hydrogen) atoms. The summed E-state index contributed by atoms with van der Waals surface area (Å²) in [5.41, 5.74) is 1.18. The Morgan fingerprint density at radius 3 is 2.89 bits per heavy atom. The molecule has 1 aliphatic rings. The van der Waals surface area contributed by atoms with E-state index in [4.69, 9.17) is 11.6 Å². The summed E-state index contributed by atoms with van der Waals surface area (Å²) in [5, 5.41) is 2.81. The van der Waals surface area contributed by atoms with Gasteiger partial charge >= 0.3 is 0 Å². The van der Waals surface area contributed by atoms with Gasteiger partial charge in [0.25, 0.3) is 0 Å². The van der Waals surface area contributed by atoms with Crippen LogP contribution in [0.15, 0.2) is 29.3 Å². The van der Waals surface area contributed by atoms with Crippen molar-refractivity contribution in [2.45, 2.75) is 29.9 Å². The summed E-state index contributed by atoms with van der Waals surface area (Å²) in [7, 11) is 0. The fourth-order valence-corrected chi connectivity index (χ4v) is 4.09. The Bertz CT molecular complexity index is 558. The summed E-state index contributed by atoms with van der Waals surface area (Å²) in [6.45, 7) is 5.89. The molecule has 1 fully saturated rings. The number of benzene rings is 1. The third kappa shape index (κ3) is 2.93. The number of fused-ring (bicyclic) bond motifs is 1. The molecule has 3 rings (SSSR count). The van der Waals surface area contributed by atoms with Crippen molar-refractivity contribution >= 4 is 34.3 Å². The van der Waals surface area contributed by atoms with Crippen molar-refractivity contribution < 1.29 is 0 Å². The molecule has 2 heterocycles. The molecule has 2 aromatic rings. The van der Waals surface area contributed by atoms with Gasteiger partial charge in [-0.05, 0) is 50.7 Å². The maximum absolute atomic E-state index is 6.10. The van der Waals surface area contributed by atoms with Crippen molar-refractivity contribution in [3.05, 3.63) is 29.4 Å². The van der Waals surface area contributed by atoms with Gasteiger partial charge in [-0.2, -0.15) is 0 Å². The number of nitrogens with zero attached hydrogens (tertiary/aromatic N) is 1. The molecule has 0 unspecified atom stereocenters. The number of hydrogen-bond donors (Lipinski definition) is 1. The van der Waals surface area contributed by atoms with Crippen LogP contribution in [0.3, 0.4) is 0 Å². The summed E-state index contributed by atoms with van der Waals surface area (Å²) in [6.07, 6.45) is 4.69. The third-order valence-corrected chi connectivity index (χ3v) is 5.51. The highest BCUT2D eigenvalue weighted by molar-refractivity contribution is 8.00. The molecular weight excluding hydrogens is 276 g/mol. The molecule has 0 spiro atoms. The first-order chi connectivity index (χ1) is 9.26. The van der Waals surface area contributed by atoms with Gasteiger partial charge in [-0.25, -0.2) is 0 Å². The van der Waals surface area contributed by atoms with Crippen molar-refractivity contribution in [1.29, 1.82) is 0 Å². The molecule has 1 aromatic heterocycles. The summed E-state index contributed by atoms with van der Waals surface area (Å²) in [6, 6.07) is 6.06. The van der Waals surface area contributed by atoms with E-state index in [-0.39, 0.29) is 0 Å². The second kappa shape index (κ2) is 5.78. The Kier molecular flexibility index (Phi) is 4.06. The summed E-state index contributed by atoms with van der Waals surface area (Å²) in [4.78, 5) is 7.21. The second-order valence-corrected chi connectivity index (χ2v) is 6.87. The van der Waals surface area contributed by atoms with Crippen molar-refractivity contribution in [2.75, 3.05) is 19.6 Å². The number of thioether (sulfide) groups is 1. The molecule has 0 aliphatic carbocycles. The highest BCUT2D eigenvalue weighted by atomic mass is 35.5. The fourth-order valence-electron chi connectivity index (χ4n) is 2.69. The van der Waals surface area contributed by atoms with Crippen LogP contribution in [-0.4, -0.2) is 34.8 Å². The molecule has 1 aromatic carbocycles. The molecule has 0 atom stereocenters. The van der Waals surface area contributed by atoms with Gasteiger partial charge in [0.15, 0.2) is 0 Å². The maximum atomic E-state index is 6.10. The SMILES string of the molecule is CCN1CCC(Sc2c[nH]c3ccc(Cl)cc23)CC1. The Labute approximate surface area is 123 Å². The predicted octanol–water partition coefficient (Wildman–Crippen LogP) is 4.40. The smallest absolute Gasteiger partial charge is 0.0466 e. The lowest BCUT2D eigenvalue weighted by atomic mass is 10.1. The van der Waals surface area contributed by atoms with E-state index in [0.717, 1.165) is 10.3 Å². The van der Waals surface area contributed by atoms with E-state index in [1.165, 1.54) is 48.3 Å². The van der Waals surface area contributed by atoms with Crippen LogP contribution >= 0.6 is 23.4 Å². The molecule has 1 saturated heterocycles. The number of piperidine rings is 1. The minimum Gasteiger partial charge on any atom is -0.360 e. The topological polar surface area (TPSA) is 19.0 Å². The second-order valence-electron chi connectivity index (χ2n) is 5.09. The first-order valence-corrected chi connectivity index (χ1v) is 8.17. The van der Waals surface area contributed by atoms with Gasteiger partial charge in [0, 0.05) is 32.3 Å². The average molecular weight is 295 g/mol. The minimum atomic E-state index is 0.737. The van der Waals surface area contributed by atoms with Gasteiger partial charge in [0.1, 0.15) is 0 Å². The van der Waals surface area contributed by atoms with Crippen LogP contribution in [0.25, 0.3) is 10.9 Å². The first kappa shape index (κ1) is 13.3. The molecule has 1 aliphatic heterocycles. The van der Waals surface area contributed by atoms with Gasteiger partial charge in [-0.3, -0.25) is 0 Å². The third-order valence-electron chi connectivity index (χ3n) is 3.88. The molecule has 0 radical (unpaired) electrons. The first-order valence-electron chi connectivity index (χ1n) is 6.92. The maximum Gasteiger partial charge on any atom is 0.0466 e. The molecule has 4 heteroatoms. The van der Waals surface area contributed by atoms with E-state index < -0.39 is 0 Å².